The maximum Gasteiger partial charge on any atom is 0.331 e. The van der Waals surface area contributed by atoms with Crippen molar-refractivity contribution in [2.45, 2.75) is 70.6 Å². The number of unbranched alkanes of at least 4 members (excludes halogenated alkanes) is 1. The third-order valence-electron chi connectivity index (χ3n) is 3.53. The number of rotatable bonds is 8. The molecule has 0 aromatic carbocycles. The lowest BCUT2D eigenvalue weighted by Crippen LogP contribution is -2.53. The summed E-state index contributed by atoms with van der Waals surface area (Å²) in [5, 5.41) is 20.7. The van der Waals surface area contributed by atoms with E-state index in [0.717, 1.165) is 12.5 Å². The van der Waals surface area contributed by atoms with E-state index in [1.54, 1.807) is 0 Å². The van der Waals surface area contributed by atoms with E-state index in [4.69, 9.17) is 14.2 Å². The first-order chi connectivity index (χ1) is 11.3. The van der Waals surface area contributed by atoms with Crippen LogP contribution < -0.4 is 0 Å². The second kappa shape index (κ2) is 9.39. The Morgan fingerprint density at radius 1 is 1.29 bits per heavy atom. The average Bonchev–Trinajstić information content (AvgIpc) is 2.51. The Labute approximate surface area is 140 Å². The van der Waals surface area contributed by atoms with Crippen molar-refractivity contribution in [3.63, 3.8) is 0 Å². The summed E-state index contributed by atoms with van der Waals surface area (Å²) < 4.78 is 15.0. The van der Waals surface area contributed by atoms with Crippen molar-refractivity contribution in [3.8, 4) is 0 Å². The predicted molar refractivity (Wildman–Crippen MR) is 81.7 cm³/mol. The monoisotopic (exact) mass is 344 g/mol. The van der Waals surface area contributed by atoms with Crippen LogP contribution in [0.3, 0.4) is 0 Å². The van der Waals surface area contributed by atoms with Crippen LogP contribution in [0.15, 0.2) is 12.2 Å². The van der Waals surface area contributed by atoms with Gasteiger partial charge in [0.2, 0.25) is 0 Å². The number of carbonyl (C=O) groups excluding carboxylic acids is 3. The minimum absolute atomic E-state index is 0.336. The van der Waals surface area contributed by atoms with Crippen molar-refractivity contribution in [1.82, 2.24) is 0 Å². The van der Waals surface area contributed by atoms with Crippen molar-refractivity contribution < 1.29 is 38.8 Å². The Morgan fingerprint density at radius 2 is 1.96 bits per heavy atom. The SMILES string of the molecule is CCCC[C@H](OC(C)=O)[C@@H](O)[C@H](O)[C@@H]1OC(=O)C=C[C@@H]1OC(C)=O. The van der Waals surface area contributed by atoms with Crippen LogP contribution in [0.4, 0.5) is 0 Å². The molecule has 0 bridgehead atoms. The molecule has 24 heavy (non-hydrogen) atoms. The highest BCUT2D eigenvalue weighted by Gasteiger charge is 2.42. The molecule has 0 fully saturated rings. The number of ether oxygens (including phenoxy) is 3. The van der Waals surface area contributed by atoms with Gasteiger partial charge in [0.15, 0.2) is 12.2 Å². The second-order valence-electron chi connectivity index (χ2n) is 5.61. The van der Waals surface area contributed by atoms with E-state index in [-0.39, 0.29) is 0 Å². The van der Waals surface area contributed by atoms with Gasteiger partial charge < -0.3 is 24.4 Å². The van der Waals surface area contributed by atoms with Gasteiger partial charge >= 0.3 is 17.9 Å². The molecule has 0 aliphatic carbocycles. The zero-order valence-corrected chi connectivity index (χ0v) is 14.0. The molecule has 136 valence electrons. The summed E-state index contributed by atoms with van der Waals surface area (Å²) in [5.74, 6) is -1.96. The van der Waals surface area contributed by atoms with Crippen LogP contribution in [0, 0.1) is 0 Å². The molecule has 5 atom stereocenters. The molecule has 0 saturated carbocycles. The number of aliphatic hydroxyl groups excluding tert-OH is 2. The van der Waals surface area contributed by atoms with E-state index in [9.17, 15) is 24.6 Å². The molecule has 0 spiro atoms. The van der Waals surface area contributed by atoms with E-state index < -0.39 is 48.4 Å². The van der Waals surface area contributed by atoms with Gasteiger partial charge in [0.1, 0.15) is 18.3 Å². The lowest BCUT2D eigenvalue weighted by molar-refractivity contribution is -0.188. The first-order valence-electron chi connectivity index (χ1n) is 7.85. The topological polar surface area (TPSA) is 119 Å². The van der Waals surface area contributed by atoms with Crippen molar-refractivity contribution in [2.75, 3.05) is 0 Å². The van der Waals surface area contributed by atoms with Crippen molar-refractivity contribution in [3.05, 3.63) is 12.2 Å². The summed E-state index contributed by atoms with van der Waals surface area (Å²) in [6.07, 6.45) is -2.22. The first kappa shape index (κ1) is 20.1. The number of carbonyl (C=O) groups is 3. The summed E-state index contributed by atoms with van der Waals surface area (Å²) in [6.45, 7) is 4.30. The van der Waals surface area contributed by atoms with Gasteiger partial charge in [0.05, 0.1) is 0 Å². The first-order valence-corrected chi connectivity index (χ1v) is 7.85. The molecule has 0 aromatic heterocycles. The zero-order chi connectivity index (χ0) is 18.3. The summed E-state index contributed by atoms with van der Waals surface area (Å²) in [5.41, 5.74) is 0. The Kier molecular flexibility index (Phi) is 7.87. The molecule has 0 aromatic rings. The Hall–Kier alpha value is -1.93. The molecule has 1 rings (SSSR count). The number of hydrogen-bond acceptors (Lipinski definition) is 8. The predicted octanol–water partition coefficient (Wildman–Crippen LogP) is 0.243. The maximum atomic E-state index is 11.4. The van der Waals surface area contributed by atoms with Gasteiger partial charge in [0.25, 0.3) is 0 Å². The molecular weight excluding hydrogens is 320 g/mol. The van der Waals surface area contributed by atoms with Crippen LogP contribution in [0.2, 0.25) is 0 Å². The molecule has 1 aliphatic rings. The van der Waals surface area contributed by atoms with E-state index in [1.165, 1.54) is 19.9 Å². The highest BCUT2D eigenvalue weighted by atomic mass is 16.6. The van der Waals surface area contributed by atoms with Crippen molar-refractivity contribution >= 4 is 17.9 Å². The fourth-order valence-electron chi connectivity index (χ4n) is 2.42. The van der Waals surface area contributed by atoms with Crippen LogP contribution >= 0.6 is 0 Å². The van der Waals surface area contributed by atoms with Gasteiger partial charge in [-0.2, -0.15) is 0 Å². The van der Waals surface area contributed by atoms with Gasteiger partial charge in [-0.25, -0.2) is 4.79 Å². The van der Waals surface area contributed by atoms with E-state index in [1.807, 2.05) is 6.92 Å². The molecule has 1 heterocycles. The molecule has 8 nitrogen and oxygen atoms in total. The smallest absolute Gasteiger partial charge is 0.331 e. The van der Waals surface area contributed by atoms with Crippen LogP contribution in [-0.2, 0) is 28.6 Å². The highest BCUT2D eigenvalue weighted by molar-refractivity contribution is 5.83. The molecule has 0 saturated heterocycles. The number of aliphatic hydroxyl groups is 2. The molecular formula is C16H24O8. The van der Waals surface area contributed by atoms with Crippen LogP contribution in [0.1, 0.15) is 40.0 Å². The fourth-order valence-corrected chi connectivity index (χ4v) is 2.42. The van der Waals surface area contributed by atoms with Crippen LogP contribution in [-0.4, -0.2) is 58.6 Å². The number of cyclic esters (lactones) is 1. The van der Waals surface area contributed by atoms with Gasteiger partial charge in [0, 0.05) is 19.9 Å². The van der Waals surface area contributed by atoms with E-state index in [2.05, 4.69) is 0 Å². The Bertz CT molecular complexity index is 486. The molecule has 0 radical (unpaired) electrons. The lowest BCUT2D eigenvalue weighted by Gasteiger charge is -2.34. The van der Waals surface area contributed by atoms with E-state index in [0.29, 0.717) is 12.8 Å². The van der Waals surface area contributed by atoms with Gasteiger partial charge in [-0.15, -0.1) is 0 Å². The normalized spacial score (nSPS) is 23.8. The Morgan fingerprint density at radius 3 is 2.50 bits per heavy atom. The molecule has 8 heteroatoms. The molecule has 0 unspecified atom stereocenters. The highest BCUT2D eigenvalue weighted by Crippen LogP contribution is 2.22. The summed E-state index contributed by atoms with van der Waals surface area (Å²) in [4.78, 5) is 33.8. The Balaban J connectivity index is 2.89. The zero-order valence-electron chi connectivity index (χ0n) is 14.0. The second-order valence-corrected chi connectivity index (χ2v) is 5.61. The molecule has 1 aliphatic heterocycles. The molecule has 0 amide bonds. The third kappa shape index (κ3) is 5.93. The van der Waals surface area contributed by atoms with Crippen LogP contribution in [0.5, 0.6) is 0 Å². The van der Waals surface area contributed by atoms with Crippen LogP contribution in [0.25, 0.3) is 0 Å². The largest absolute Gasteiger partial charge is 0.460 e. The maximum absolute atomic E-state index is 11.4. The fraction of sp³-hybridized carbons (Fsp3) is 0.688. The summed E-state index contributed by atoms with van der Waals surface area (Å²) >= 11 is 0. The van der Waals surface area contributed by atoms with Crippen molar-refractivity contribution in [2.24, 2.45) is 0 Å². The standard InChI is InChI=1S/C16H24O8/c1-4-5-6-11(22-9(2)17)14(20)15(21)16-12(23-10(3)18)7-8-13(19)24-16/h7-8,11-12,14-16,20-21H,4-6H2,1-3H3/t11-,12-,14+,15-,16+/m0/s1. The van der Waals surface area contributed by atoms with Crippen molar-refractivity contribution in [1.29, 1.82) is 0 Å². The average molecular weight is 344 g/mol. The molecule has 2 N–H and O–H groups in total. The minimum Gasteiger partial charge on any atom is -0.460 e. The quantitative estimate of drug-likeness (QED) is 0.475. The summed E-state index contributed by atoms with van der Waals surface area (Å²) in [7, 11) is 0. The minimum atomic E-state index is -1.59. The van der Waals surface area contributed by atoms with Gasteiger partial charge in [-0.1, -0.05) is 13.3 Å². The number of hydrogen-bond donors (Lipinski definition) is 2. The lowest BCUT2D eigenvalue weighted by atomic mass is 9.95. The third-order valence-corrected chi connectivity index (χ3v) is 3.53. The van der Waals surface area contributed by atoms with Gasteiger partial charge in [-0.3, -0.25) is 9.59 Å². The van der Waals surface area contributed by atoms with E-state index >= 15 is 0 Å². The number of esters is 3. The van der Waals surface area contributed by atoms with Gasteiger partial charge in [-0.05, 0) is 18.9 Å². The summed E-state index contributed by atoms with van der Waals surface area (Å²) in [6, 6.07) is 0.